The van der Waals surface area contributed by atoms with Crippen molar-refractivity contribution < 1.29 is 67.8 Å². The molecule has 0 spiro atoms. The molecule has 20 heteroatoms. The molecule has 1 aromatic heterocycles. The van der Waals surface area contributed by atoms with E-state index in [1.165, 1.54) is 49.8 Å². The van der Waals surface area contributed by atoms with Gasteiger partial charge in [-0.1, -0.05) is 56.2 Å². The highest BCUT2D eigenvalue weighted by molar-refractivity contribution is 8.01. The Labute approximate surface area is 381 Å². The molecule has 0 radical (unpaired) electrons. The number of epoxide rings is 1. The number of carbonyl (C=O) groups excluding carboxylic acids is 5. The first-order valence-corrected chi connectivity index (χ1v) is 22.1. The average Bonchev–Trinajstić information content (AvgIpc) is 3.85. The fourth-order valence-electron chi connectivity index (χ4n) is 7.75. The summed E-state index contributed by atoms with van der Waals surface area (Å²) in [5.74, 6) is -3.73. The number of benzene rings is 1. The Balaban J connectivity index is 1.36. The number of likely N-dealkylation sites (N-methyl/N-ethyl adjacent to an activating group) is 1. The number of ether oxygens (including phenoxy) is 5. The number of rotatable bonds is 12. The van der Waals surface area contributed by atoms with Gasteiger partial charge in [-0.3, -0.25) is 14.9 Å². The van der Waals surface area contributed by atoms with Gasteiger partial charge in [0.05, 0.1) is 31.1 Å². The third kappa shape index (κ3) is 11.5. The third-order valence-corrected chi connectivity index (χ3v) is 13.8. The first-order valence-electron chi connectivity index (χ1n) is 20.7. The SMILES string of the molecule is COc1cc2cc(c1Cl)N(C)C(=O)CC(OC(=O)C(C)N(C)C(=O)CCC(C)(C)SCC(=O)On1c(O)ccc1O)C1(C)OC1C(C)C1CC(O)(NC(=O)O1)C(OC)C=CC=C(C)C2. The number of hydrogen-bond acceptors (Lipinski definition) is 15. The second kappa shape index (κ2) is 20.1. The van der Waals surface area contributed by atoms with Gasteiger partial charge >= 0.3 is 18.0 Å². The molecule has 1 aromatic carbocycles. The van der Waals surface area contributed by atoms with E-state index in [0.717, 1.165) is 23.3 Å². The highest BCUT2D eigenvalue weighted by atomic mass is 35.5. The van der Waals surface area contributed by atoms with E-state index in [1.807, 2.05) is 26.8 Å². The molecule has 4 heterocycles. The predicted molar refractivity (Wildman–Crippen MR) is 236 cm³/mol. The van der Waals surface area contributed by atoms with Crippen LogP contribution in [0, 0.1) is 5.92 Å². The van der Waals surface area contributed by atoms with E-state index in [0.29, 0.717) is 29.0 Å². The van der Waals surface area contributed by atoms with E-state index >= 15 is 0 Å². The molecule has 3 aliphatic heterocycles. The number of carbonyl (C=O) groups is 5. The van der Waals surface area contributed by atoms with Crippen molar-refractivity contribution in [2.24, 2.45) is 5.92 Å². The van der Waals surface area contributed by atoms with Gasteiger partial charge in [0.2, 0.25) is 23.6 Å². The number of anilines is 1. The number of amides is 3. The molecule has 0 saturated carbocycles. The number of halogens is 1. The molecule has 2 aromatic rings. The van der Waals surface area contributed by atoms with Crippen LogP contribution in [0.5, 0.6) is 17.5 Å². The van der Waals surface area contributed by atoms with Gasteiger partial charge in [-0.2, -0.15) is 0 Å². The van der Waals surface area contributed by atoms with Crippen molar-refractivity contribution in [2.45, 2.75) is 120 Å². The molecule has 4 N–H and O–H groups in total. The normalized spacial score (nSPS) is 26.7. The minimum absolute atomic E-state index is 0.00486. The summed E-state index contributed by atoms with van der Waals surface area (Å²) in [6.07, 6.45) is 0.750. The van der Waals surface area contributed by atoms with E-state index in [-0.39, 0.29) is 30.0 Å². The van der Waals surface area contributed by atoms with Crippen molar-refractivity contribution in [3.63, 3.8) is 0 Å². The van der Waals surface area contributed by atoms with Gasteiger partial charge in [-0.05, 0) is 51.3 Å². The number of aliphatic hydroxyl groups is 1. The Hall–Kier alpha value is -4.95. The lowest BCUT2D eigenvalue weighted by molar-refractivity contribution is -0.162. The van der Waals surface area contributed by atoms with E-state index < -0.39 is 94.1 Å². The van der Waals surface area contributed by atoms with Gasteiger partial charge in [0.1, 0.15) is 40.7 Å². The van der Waals surface area contributed by atoms with Crippen LogP contribution in [0.1, 0.15) is 72.8 Å². The van der Waals surface area contributed by atoms with Crippen LogP contribution in [0.3, 0.4) is 0 Å². The number of hydrogen-bond donors (Lipinski definition) is 4. The smallest absolute Gasteiger partial charge is 0.409 e. The van der Waals surface area contributed by atoms with Crippen LogP contribution in [0.15, 0.2) is 48.1 Å². The summed E-state index contributed by atoms with van der Waals surface area (Å²) in [7, 11) is 5.89. The maximum atomic E-state index is 14.3. The number of fused-ring (bicyclic) bond motifs is 5. The maximum Gasteiger partial charge on any atom is 0.409 e. The topological polar surface area (TPSA) is 228 Å². The molecule has 3 aliphatic rings. The van der Waals surface area contributed by atoms with Crippen LogP contribution in [0.25, 0.3) is 0 Å². The molecule has 0 aliphatic carbocycles. The maximum absolute atomic E-state index is 14.3. The summed E-state index contributed by atoms with van der Waals surface area (Å²) in [5.41, 5.74) is -1.14. The van der Waals surface area contributed by atoms with Crippen LogP contribution < -0.4 is 19.8 Å². The summed E-state index contributed by atoms with van der Waals surface area (Å²) in [6, 6.07) is 4.75. The molecular weight excluding hydrogens is 876 g/mol. The summed E-state index contributed by atoms with van der Waals surface area (Å²) in [4.78, 5) is 74.8. The predicted octanol–water partition coefficient (Wildman–Crippen LogP) is 4.67. The Kier molecular flexibility index (Phi) is 15.7. The molecule has 8 unspecified atom stereocenters. The molecule has 4 bridgehead atoms. The Bertz CT molecular complexity index is 2140. The molecule has 5 rings (SSSR count). The van der Waals surface area contributed by atoms with E-state index in [4.69, 9.17) is 40.1 Å². The number of nitrogens with zero attached hydrogens (tertiary/aromatic N) is 3. The number of aromatic hydroxyl groups is 2. The van der Waals surface area contributed by atoms with Crippen LogP contribution >= 0.6 is 23.4 Å². The summed E-state index contributed by atoms with van der Waals surface area (Å²) < 4.78 is 29.3. The Morgan fingerprint density at radius 2 is 1.83 bits per heavy atom. The van der Waals surface area contributed by atoms with Crippen molar-refractivity contribution in [3.05, 3.63) is 58.7 Å². The molecular formula is C44H59ClN4O14S. The molecule has 3 amide bonds. The second-order valence-corrected chi connectivity index (χ2v) is 19.3. The zero-order valence-electron chi connectivity index (χ0n) is 37.7. The quantitative estimate of drug-likeness (QED) is 0.168. The number of methoxy groups -OCH3 is 2. The number of thioether (sulfide) groups is 1. The highest BCUT2D eigenvalue weighted by Crippen LogP contribution is 2.49. The van der Waals surface area contributed by atoms with Crippen molar-refractivity contribution in [1.82, 2.24) is 14.9 Å². The van der Waals surface area contributed by atoms with Gasteiger partial charge in [0.25, 0.3) is 0 Å². The lowest BCUT2D eigenvalue weighted by Gasteiger charge is -2.42. The van der Waals surface area contributed by atoms with E-state index in [2.05, 4.69) is 5.32 Å². The summed E-state index contributed by atoms with van der Waals surface area (Å²) >= 11 is 7.99. The first kappa shape index (κ1) is 50.1. The van der Waals surface area contributed by atoms with Gasteiger partial charge in [0, 0.05) is 56.8 Å². The zero-order valence-corrected chi connectivity index (χ0v) is 39.3. The largest absolute Gasteiger partial charge is 0.495 e. The van der Waals surface area contributed by atoms with Crippen LogP contribution in [0.2, 0.25) is 5.02 Å². The average molecular weight is 935 g/mol. The lowest BCUT2D eigenvalue weighted by Crippen LogP contribution is -2.63. The fourth-order valence-corrected chi connectivity index (χ4v) is 8.87. The Morgan fingerprint density at radius 1 is 1.16 bits per heavy atom. The Morgan fingerprint density at radius 3 is 2.47 bits per heavy atom. The van der Waals surface area contributed by atoms with Crippen LogP contribution in [0.4, 0.5) is 10.5 Å². The number of esters is 1. The number of aromatic nitrogens is 1. The minimum Gasteiger partial charge on any atom is -0.495 e. The number of allylic oxidation sites excluding steroid dienone is 3. The minimum atomic E-state index is -1.87. The van der Waals surface area contributed by atoms with Crippen molar-refractivity contribution in [1.29, 1.82) is 0 Å². The lowest BCUT2D eigenvalue weighted by atomic mass is 9.83. The zero-order chi connectivity index (χ0) is 47.5. The molecule has 64 heavy (non-hydrogen) atoms. The van der Waals surface area contributed by atoms with Crippen LogP contribution in [-0.2, 0) is 44.5 Å². The summed E-state index contributed by atoms with van der Waals surface area (Å²) in [5, 5.41) is 34.0. The molecule has 8 atom stereocenters. The van der Waals surface area contributed by atoms with E-state index in [1.54, 1.807) is 45.2 Å². The van der Waals surface area contributed by atoms with Gasteiger partial charge < -0.3 is 53.6 Å². The summed E-state index contributed by atoms with van der Waals surface area (Å²) in [6.45, 7) is 10.5. The molecule has 18 nitrogen and oxygen atoms in total. The highest BCUT2D eigenvalue weighted by Gasteiger charge is 2.64. The van der Waals surface area contributed by atoms with Gasteiger partial charge in [0.15, 0.2) is 5.72 Å². The fraction of sp³-hybridized carbons (Fsp3) is 0.568. The number of alkyl carbamates (subject to hydrolysis) is 1. The first-order chi connectivity index (χ1) is 29.9. The molecule has 2 saturated heterocycles. The van der Waals surface area contributed by atoms with Crippen molar-refractivity contribution in [3.8, 4) is 17.5 Å². The van der Waals surface area contributed by atoms with E-state index in [9.17, 15) is 39.3 Å². The number of nitrogens with one attached hydrogen (secondary N) is 1. The standard InChI is InChI=1S/C44H59ClN4O14S/c1-24-12-11-13-31(59-10)44(57)22-30(60-41(56)46-44)25(2)39-43(6,62-39)32(21-36(53)48(8)28-19-27(18-24)20-29(58-9)38(28)45)61-40(55)26(3)47(7)33(50)16-17-42(4,5)64-23-37(54)63-49-34(51)14-15-35(49)52/h11-15,19-20,25-26,30-32,39,51-52,57H,16-18,21-23H2,1-10H3,(H,46,56). The monoisotopic (exact) mass is 934 g/mol. The van der Waals surface area contributed by atoms with Gasteiger partial charge in [-0.25, -0.2) is 14.4 Å². The van der Waals surface area contributed by atoms with Crippen molar-refractivity contribution in [2.75, 3.05) is 39.0 Å². The van der Waals surface area contributed by atoms with Gasteiger partial charge in [-0.15, -0.1) is 16.5 Å². The second-order valence-electron chi connectivity index (χ2n) is 17.3. The molecule has 352 valence electrons. The third-order valence-electron chi connectivity index (χ3n) is 12.0. The van der Waals surface area contributed by atoms with Crippen LogP contribution in [-0.4, -0.2) is 135 Å². The van der Waals surface area contributed by atoms with Crippen molar-refractivity contribution >= 4 is 58.9 Å². The molecule has 2 fully saturated rings.